The fourth-order valence-electron chi connectivity index (χ4n) is 2.00. The largest absolute Gasteiger partial charge is 0.368 e. The van der Waals surface area contributed by atoms with Gasteiger partial charge in [-0.1, -0.05) is 42.5 Å². The fourth-order valence-corrected chi connectivity index (χ4v) is 2.00. The van der Waals surface area contributed by atoms with Gasteiger partial charge in [-0.05, 0) is 22.8 Å². The van der Waals surface area contributed by atoms with E-state index in [9.17, 15) is 4.79 Å². The molecule has 0 N–H and O–H groups in total. The van der Waals surface area contributed by atoms with Crippen molar-refractivity contribution in [3.63, 3.8) is 0 Å². The fraction of sp³-hybridized carbons (Fsp3) is 0.133. The molecule has 0 aromatic heterocycles. The molecular formula is C15H12O2. The third-order valence-electron chi connectivity index (χ3n) is 3.00. The summed E-state index contributed by atoms with van der Waals surface area (Å²) in [6, 6.07) is 16.0. The zero-order valence-corrected chi connectivity index (χ0v) is 9.30. The number of rotatable bonds is 3. The Kier molecular flexibility index (Phi) is 2.50. The quantitative estimate of drug-likeness (QED) is 0.591. The van der Waals surface area contributed by atoms with Crippen molar-refractivity contribution in [1.82, 2.24) is 0 Å². The van der Waals surface area contributed by atoms with Crippen LogP contribution in [0.5, 0.6) is 0 Å². The summed E-state index contributed by atoms with van der Waals surface area (Å²) < 4.78 is 5.27. The number of hydrogen-bond acceptors (Lipinski definition) is 2. The van der Waals surface area contributed by atoms with Gasteiger partial charge in [-0.15, -0.1) is 0 Å². The second-order valence-corrected chi connectivity index (χ2v) is 4.15. The summed E-state index contributed by atoms with van der Waals surface area (Å²) in [5.74, 6) is 0. The molecular weight excluding hydrogens is 212 g/mol. The van der Waals surface area contributed by atoms with Gasteiger partial charge in [0.25, 0.3) is 0 Å². The summed E-state index contributed by atoms with van der Waals surface area (Å²) in [5.41, 5.74) is 4.02. The summed E-state index contributed by atoms with van der Waals surface area (Å²) in [4.78, 5) is 11.0. The predicted octanol–water partition coefficient (Wildman–Crippen LogP) is 3.24. The third kappa shape index (κ3) is 1.99. The van der Waals surface area contributed by atoms with Gasteiger partial charge in [-0.25, -0.2) is 0 Å². The lowest BCUT2D eigenvalue weighted by Crippen LogP contribution is -1.92. The van der Waals surface area contributed by atoms with Gasteiger partial charge in [-0.3, -0.25) is 4.79 Å². The van der Waals surface area contributed by atoms with E-state index in [0.29, 0.717) is 0 Å². The topological polar surface area (TPSA) is 29.6 Å². The normalized spacial score (nSPS) is 17.8. The van der Waals surface area contributed by atoms with E-state index in [0.717, 1.165) is 35.1 Å². The molecule has 3 rings (SSSR count). The molecule has 1 saturated heterocycles. The molecule has 1 atom stereocenters. The number of carbonyl (C=O) groups is 1. The first-order valence-corrected chi connectivity index (χ1v) is 5.64. The van der Waals surface area contributed by atoms with Crippen LogP contribution in [0.2, 0.25) is 0 Å². The molecule has 2 aromatic rings. The molecule has 84 valence electrons. The van der Waals surface area contributed by atoms with Crippen LogP contribution in [0.4, 0.5) is 0 Å². The van der Waals surface area contributed by atoms with Crippen molar-refractivity contribution < 1.29 is 9.53 Å². The average Bonchev–Trinajstić information content (AvgIpc) is 3.23. The number of aldehydes is 1. The molecule has 1 heterocycles. The molecule has 2 heteroatoms. The lowest BCUT2D eigenvalue weighted by atomic mass is 9.98. The summed E-state index contributed by atoms with van der Waals surface area (Å²) in [5, 5.41) is 0. The first kappa shape index (κ1) is 10.2. The Morgan fingerprint density at radius 3 is 2.47 bits per heavy atom. The predicted molar refractivity (Wildman–Crippen MR) is 66.0 cm³/mol. The molecule has 0 amide bonds. The summed E-state index contributed by atoms with van der Waals surface area (Å²) in [7, 11) is 0. The highest BCUT2D eigenvalue weighted by atomic mass is 16.6. The second kappa shape index (κ2) is 4.15. The van der Waals surface area contributed by atoms with Crippen molar-refractivity contribution in [3.05, 3.63) is 59.7 Å². The first-order valence-electron chi connectivity index (χ1n) is 5.64. The van der Waals surface area contributed by atoms with Gasteiger partial charge in [0, 0.05) is 5.56 Å². The van der Waals surface area contributed by atoms with Crippen LogP contribution in [0.25, 0.3) is 11.1 Å². The van der Waals surface area contributed by atoms with Crippen LogP contribution in [0.15, 0.2) is 48.5 Å². The minimum atomic E-state index is 0.110. The Morgan fingerprint density at radius 2 is 1.82 bits per heavy atom. The maximum atomic E-state index is 11.0. The molecule has 1 aliphatic rings. The lowest BCUT2D eigenvalue weighted by Gasteiger charge is -2.06. The number of ether oxygens (including phenoxy) is 1. The van der Waals surface area contributed by atoms with Gasteiger partial charge in [0.1, 0.15) is 12.4 Å². The summed E-state index contributed by atoms with van der Waals surface area (Å²) in [6.45, 7) is 0.721. The highest BCUT2D eigenvalue weighted by molar-refractivity contribution is 5.80. The number of epoxide rings is 1. The van der Waals surface area contributed by atoms with E-state index in [1.165, 1.54) is 0 Å². The molecule has 0 bridgehead atoms. The Morgan fingerprint density at radius 1 is 1.06 bits per heavy atom. The van der Waals surface area contributed by atoms with E-state index < -0.39 is 0 Å². The maximum Gasteiger partial charge on any atom is 0.150 e. The second-order valence-electron chi connectivity index (χ2n) is 4.15. The first-order chi connectivity index (χ1) is 8.38. The van der Waals surface area contributed by atoms with Gasteiger partial charge in [0.15, 0.2) is 0 Å². The minimum absolute atomic E-state index is 0.110. The van der Waals surface area contributed by atoms with Crippen LogP contribution in [-0.4, -0.2) is 12.9 Å². The maximum absolute atomic E-state index is 11.0. The molecule has 1 unspecified atom stereocenters. The van der Waals surface area contributed by atoms with Crippen molar-refractivity contribution in [2.75, 3.05) is 6.61 Å². The molecule has 1 aliphatic heterocycles. The van der Waals surface area contributed by atoms with Crippen molar-refractivity contribution >= 4 is 6.29 Å². The molecule has 0 radical (unpaired) electrons. The smallest absolute Gasteiger partial charge is 0.150 e. The van der Waals surface area contributed by atoms with E-state index in [4.69, 9.17) is 4.74 Å². The van der Waals surface area contributed by atoms with Gasteiger partial charge >= 0.3 is 0 Å². The van der Waals surface area contributed by atoms with Crippen molar-refractivity contribution in [3.8, 4) is 11.1 Å². The van der Waals surface area contributed by atoms with E-state index in [1.807, 2.05) is 30.3 Å². The Bertz CT molecular complexity index is 542. The zero-order chi connectivity index (χ0) is 11.7. The molecule has 17 heavy (non-hydrogen) atoms. The number of carbonyl (C=O) groups excluding carboxylic acids is 1. The molecule has 0 saturated carbocycles. The molecule has 2 aromatic carbocycles. The van der Waals surface area contributed by atoms with Crippen LogP contribution in [0, 0.1) is 0 Å². The highest BCUT2D eigenvalue weighted by Gasteiger charge is 2.27. The van der Waals surface area contributed by atoms with E-state index in [-0.39, 0.29) is 6.10 Å². The SMILES string of the molecule is O=Cc1ccc(-c2ccccc2)cc1C1CO1. The van der Waals surface area contributed by atoms with Crippen LogP contribution in [-0.2, 0) is 4.74 Å². The Hall–Kier alpha value is -1.93. The van der Waals surface area contributed by atoms with E-state index in [1.54, 1.807) is 0 Å². The van der Waals surface area contributed by atoms with Crippen molar-refractivity contribution in [2.24, 2.45) is 0 Å². The monoisotopic (exact) mass is 224 g/mol. The summed E-state index contributed by atoms with van der Waals surface area (Å²) >= 11 is 0. The van der Waals surface area contributed by atoms with E-state index >= 15 is 0 Å². The molecule has 2 nitrogen and oxygen atoms in total. The molecule has 0 spiro atoms. The van der Waals surface area contributed by atoms with Gasteiger partial charge in [-0.2, -0.15) is 0 Å². The average molecular weight is 224 g/mol. The van der Waals surface area contributed by atoms with Crippen molar-refractivity contribution in [1.29, 1.82) is 0 Å². The highest BCUT2D eigenvalue weighted by Crippen LogP contribution is 2.34. The van der Waals surface area contributed by atoms with Crippen LogP contribution >= 0.6 is 0 Å². The molecule has 0 aliphatic carbocycles. The van der Waals surface area contributed by atoms with Crippen LogP contribution in [0.1, 0.15) is 22.0 Å². The van der Waals surface area contributed by atoms with E-state index in [2.05, 4.69) is 18.2 Å². The molecule has 1 fully saturated rings. The van der Waals surface area contributed by atoms with Crippen LogP contribution < -0.4 is 0 Å². The summed E-state index contributed by atoms with van der Waals surface area (Å²) in [6.07, 6.45) is 1.00. The number of benzene rings is 2. The van der Waals surface area contributed by atoms with Gasteiger partial charge < -0.3 is 4.74 Å². The van der Waals surface area contributed by atoms with Gasteiger partial charge in [0.2, 0.25) is 0 Å². The standard InChI is InChI=1S/C15H12O2/c16-9-13-7-6-12(8-14(13)15-10-17-15)11-4-2-1-3-5-11/h1-9,15H,10H2. The van der Waals surface area contributed by atoms with Crippen molar-refractivity contribution in [2.45, 2.75) is 6.10 Å². The zero-order valence-electron chi connectivity index (χ0n) is 9.30. The Labute approximate surface area is 99.9 Å². The minimum Gasteiger partial charge on any atom is -0.368 e. The van der Waals surface area contributed by atoms with Gasteiger partial charge in [0.05, 0.1) is 6.61 Å². The number of hydrogen-bond donors (Lipinski definition) is 0. The lowest BCUT2D eigenvalue weighted by molar-refractivity contribution is 0.112. The van der Waals surface area contributed by atoms with Crippen LogP contribution in [0.3, 0.4) is 0 Å². The third-order valence-corrected chi connectivity index (χ3v) is 3.00. The Balaban J connectivity index is 2.07.